The zero-order valence-corrected chi connectivity index (χ0v) is 12.6. The van der Waals surface area contributed by atoms with E-state index in [1.807, 2.05) is 25.2 Å². The minimum atomic E-state index is -0.132. The largest absolute Gasteiger partial charge is 0.344 e. The molecule has 1 aromatic carbocycles. The lowest BCUT2D eigenvalue weighted by Gasteiger charge is -2.07. The van der Waals surface area contributed by atoms with Crippen molar-refractivity contribution in [1.29, 1.82) is 0 Å². The van der Waals surface area contributed by atoms with Crippen LogP contribution in [-0.4, -0.2) is 21.8 Å². The molecule has 3 rings (SSSR count). The molecular formula is C13H15ClN4OS. The molecule has 1 aromatic heterocycles. The Labute approximate surface area is 125 Å². The minimum absolute atomic E-state index is 0.132. The lowest BCUT2D eigenvalue weighted by atomic mass is 10.2. The number of benzene rings is 1. The minimum Gasteiger partial charge on any atom is -0.316 e. The Morgan fingerprint density at radius 1 is 1.55 bits per heavy atom. The third-order valence-corrected chi connectivity index (χ3v) is 4.50. The van der Waals surface area contributed by atoms with Gasteiger partial charge in [-0.05, 0) is 49.3 Å². The van der Waals surface area contributed by atoms with Crippen LogP contribution in [0.25, 0.3) is 0 Å². The summed E-state index contributed by atoms with van der Waals surface area (Å²) >= 11 is 7.70. The van der Waals surface area contributed by atoms with Crippen molar-refractivity contribution in [1.82, 2.24) is 20.1 Å². The fourth-order valence-electron chi connectivity index (χ4n) is 2.05. The maximum Gasteiger partial charge on any atom is 0.344 e. The number of nitrogens with zero attached hydrogens (tertiary/aromatic N) is 2. The van der Waals surface area contributed by atoms with E-state index >= 15 is 0 Å². The highest BCUT2D eigenvalue weighted by molar-refractivity contribution is 7.99. The molecule has 0 unspecified atom stereocenters. The highest BCUT2D eigenvalue weighted by Gasteiger charge is 2.28. The lowest BCUT2D eigenvalue weighted by Crippen LogP contribution is -2.15. The van der Waals surface area contributed by atoms with Crippen LogP contribution in [0.15, 0.2) is 33.0 Å². The van der Waals surface area contributed by atoms with Gasteiger partial charge in [-0.2, -0.15) is 0 Å². The smallest absolute Gasteiger partial charge is 0.316 e. The van der Waals surface area contributed by atoms with Gasteiger partial charge in [0.15, 0.2) is 5.16 Å². The molecule has 7 heteroatoms. The van der Waals surface area contributed by atoms with Crippen LogP contribution >= 0.6 is 23.4 Å². The summed E-state index contributed by atoms with van der Waals surface area (Å²) in [6, 6.07) is 6.21. The summed E-state index contributed by atoms with van der Waals surface area (Å²) in [5, 5.41) is 11.1. The molecule has 0 spiro atoms. The number of halogens is 1. The van der Waals surface area contributed by atoms with Gasteiger partial charge in [0.2, 0.25) is 0 Å². The van der Waals surface area contributed by atoms with Gasteiger partial charge in [-0.15, -0.1) is 5.10 Å². The van der Waals surface area contributed by atoms with Gasteiger partial charge < -0.3 is 5.32 Å². The monoisotopic (exact) mass is 310 g/mol. The predicted octanol–water partition coefficient (Wildman–Crippen LogP) is 2.43. The molecule has 0 saturated heterocycles. The maximum absolute atomic E-state index is 11.7. The Morgan fingerprint density at radius 3 is 3.00 bits per heavy atom. The number of aromatic nitrogens is 3. The van der Waals surface area contributed by atoms with E-state index in [4.69, 9.17) is 11.6 Å². The third kappa shape index (κ3) is 2.77. The molecule has 5 nitrogen and oxygen atoms in total. The highest BCUT2D eigenvalue weighted by atomic mass is 35.5. The van der Waals surface area contributed by atoms with Crippen LogP contribution in [-0.2, 0) is 6.54 Å². The molecule has 1 aliphatic rings. The molecule has 1 fully saturated rings. The number of aromatic amines is 1. The summed E-state index contributed by atoms with van der Waals surface area (Å²) in [6.45, 7) is 0.735. The van der Waals surface area contributed by atoms with Crippen LogP contribution in [0.3, 0.4) is 0 Å². The van der Waals surface area contributed by atoms with E-state index in [0.29, 0.717) is 11.2 Å². The van der Waals surface area contributed by atoms with Crippen LogP contribution < -0.4 is 11.0 Å². The Kier molecular flexibility index (Phi) is 3.87. The van der Waals surface area contributed by atoms with Crippen molar-refractivity contribution in [3.63, 3.8) is 0 Å². The topological polar surface area (TPSA) is 62.7 Å². The first kappa shape index (κ1) is 13.7. The van der Waals surface area contributed by atoms with Gasteiger partial charge in [0.1, 0.15) is 0 Å². The second-order valence-corrected chi connectivity index (χ2v) is 6.25. The first-order chi connectivity index (χ1) is 9.69. The molecule has 1 aliphatic carbocycles. The molecule has 0 bridgehead atoms. The van der Waals surface area contributed by atoms with Gasteiger partial charge >= 0.3 is 5.69 Å². The summed E-state index contributed by atoms with van der Waals surface area (Å²) in [5.74, 6) is 0. The van der Waals surface area contributed by atoms with Crippen LogP contribution in [0.1, 0.15) is 24.4 Å². The first-order valence-electron chi connectivity index (χ1n) is 6.47. The first-order valence-corrected chi connectivity index (χ1v) is 7.66. The molecule has 106 valence electrons. The van der Waals surface area contributed by atoms with Gasteiger partial charge in [0.25, 0.3) is 0 Å². The fraction of sp³-hybridized carbons (Fsp3) is 0.385. The van der Waals surface area contributed by atoms with Crippen molar-refractivity contribution in [3.05, 3.63) is 39.3 Å². The van der Waals surface area contributed by atoms with E-state index in [-0.39, 0.29) is 5.69 Å². The van der Waals surface area contributed by atoms with Crippen LogP contribution in [0.4, 0.5) is 0 Å². The molecular weight excluding hydrogens is 296 g/mol. The quantitative estimate of drug-likeness (QED) is 0.890. The number of rotatable bonds is 5. The van der Waals surface area contributed by atoms with E-state index < -0.39 is 0 Å². The van der Waals surface area contributed by atoms with Crippen LogP contribution in [0, 0.1) is 0 Å². The average Bonchev–Trinajstić information content (AvgIpc) is 3.18. The second kappa shape index (κ2) is 5.63. The molecule has 1 heterocycles. The number of H-pyrrole nitrogens is 1. The van der Waals surface area contributed by atoms with Gasteiger partial charge in [-0.3, -0.25) is 4.57 Å². The number of hydrogen-bond acceptors (Lipinski definition) is 4. The van der Waals surface area contributed by atoms with Crippen molar-refractivity contribution in [2.24, 2.45) is 0 Å². The fourth-order valence-corrected chi connectivity index (χ4v) is 3.31. The summed E-state index contributed by atoms with van der Waals surface area (Å²) < 4.78 is 1.74. The van der Waals surface area contributed by atoms with Crippen molar-refractivity contribution in [2.45, 2.75) is 35.5 Å². The van der Waals surface area contributed by atoms with Crippen molar-refractivity contribution in [2.75, 3.05) is 7.05 Å². The van der Waals surface area contributed by atoms with E-state index in [1.54, 1.807) is 4.57 Å². The van der Waals surface area contributed by atoms with Crippen molar-refractivity contribution >= 4 is 23.4 Å². The van der Waals surface area contributed by atoms with E-state index in [0.717, 1.165) is 34.9 Å². The SMILES string of the molecule is CNCc1ccc(Sc2n[nH]c(=O)n2C2CC2)cc1Cl. The zero-order valence-electron chi connectivity index (χ0n) is 11.0. The maximum atomic E-state index is 11.7. The highest BCUT2D eigenvalue weighted by Crippen LogP contribution is 2.38. The summed E-state index contributed by atoms with van der Waals surface area (Å²) in [6.07, 6.45) is 2.10. The van der Waals surface area contributed by atoms with Crippen molar-refractivity contribution < 1.29 is 0 Å². The molecule has 0 radical (unpaired) electrons. The Balaban J connectivity index is 1.84. The third-order valence-electron chi connectivity index (χ3n) is 3.18. The Hall–Kier alpha value is -1.24. The molecule has 2 N–H and O–H groups in total. The van der Waals surface area contributed by atoms with Gasteiger partial charge in [0.05, 0.1) is 0 Å². The molecule has 0 amide bonds. The number of nitrogens with one attached hydrogen (secondary N) is 2. The molecule has 2 aromatic rings. The van der Waals surface area contributed by atoms with Crippen molar-refractivity contribution in [3.8, 4) is 0 Å². The standard InChI is InChI=1S/C13H15ClN4OS/c1-15-7-8-2-5-10(6-11(8)14)20-13-17-16-12(19)18(13)9-3-4-9/h2,5-6,9,15H,3-4,7H2,1H3,(H,16,19). The van der Waals surface area contributed by atoms with E-state index in [2.05, 4.69) is 15.5 Å². The molecule has 20 heavy (non-hydrogen) atoms. The predicted molar refractivity (Wildman–Crippen MR) is 79.5 cm³/mol. The van der Waals surface area contributed by atoms with Crippen LogP contribution in [0.2, 0.25) is 5.02 Å². The summed E-state index contributed by atoms with van der Waals surface area (Å²) in [4.78, 5) is 12.7. The zero-order chi connectivity index (χ0) is 14.1. The van der Waals surface area contributed by atoms with Gasteiger partial charge in [0, 0.05) is 22.5 Å². The lowest BCUT2D eigenvalue weighted by molar-refractivity contribution is 0.642. The van der Waals surface area contributed by atoms with Gasteiger partial charge in [-0.25, -0.2) is 9.89 Å². The Bertz CT molecular complexity index is 677. The normalized spacial score (nSPS) is 14.7. The van der Waals surface area contributed by atoms with E-state index in [1.165, 1.54) is 11.8 Å². The molecule has 1 saturated carbocycles. The average molecular weight is 311 g/mol. The van der Waals surface area contributed by atoms with Crippen LogP contribution in [0.5, 0.6) is 0 Å². The number of hydrogen-bond donors (Lipinski definition) is 2. The summed E-state index contributed by atoms with van der Waals surface area (Å²) in [7, 11) is 1.89. The van der Waals surface area contributed by atoms with E-state index in [9.17, 15) is 4.79 Å². The molecule has 0 atom stereocenters. The summed E-state index contributed by atoms with van der Waals surface area (Å²) in [5.41, 5.74) is 0.924. The Morgan fingerprint density at radius 2 is 2.35 bits per heavy atom. The van der Waals surface area contributed by atoms with Gasteiger partial charge in [-0.1, -0.05) is 17.7 Å². The second-order valence-electron chi connectivity index (χ2n) is 4.80. The molecule has 0 aliphatic heterocycles.